The van der Waals surface area contributed by atoms with Crippen LogP contribution in [0.5, 0.6) is 5.75 Å². The molecule has 3 heterocycles. The zero-order chi connectivity index (χ0) is 28.2. The Morgan fingerprint density at radius 1 is 1.15 bits per heavy atom. The van der Waals surface area contributed by atoms with Crippen molar-refractivity contribution in [3.8, 4) is 11.4 Å². The Morgan fingerprint density at radius 2 is 1.87 bits per heavy atom. The minimum absolute atomic E-state index is 0.195. The number of carbonyl (C=O) groups is 1. The molecule has 1 atom stereocenters. The third kappa shape index (κ3) is 7.01. The average molecular weight is 583 g/mol. The van der Waals surface area contributed by atoms with Crippen molar-refractivity contribution in [3.05, 3.63) is 76.6 Å². The van der Waals surface area contributed by atoms with Crippen molar-refractivity contribution >= 4 is 40.8 Å². The summed E-state index contributed by atoms with van der Waals surface area (Å²) in [6.45, 7) is 0.859. The van der Waals surface area contributed by atoms with Gasteiger partial charge in [-0.3, -0.25) is 0 Å². The lowest BCUT2D eigenvalue weighted by Gasteiger charge is -2.14. The first-order valence-corrected chi connectivity index (χ1v) is 12.5. The molecule has 0 spiro atoms. The number of halogens is 5. The standard InChI is InChI=1S/C23H22Cl2N6O.C2HF3O2/c1-32-20-12-17(9-10-19(20)30-13-21(25)26-14-30)27-23-28-22-18(4-2-3-11-31(22)29-23)15-5-7-16(24)8-6-15;3-2(4,5)1(6)7/h5-10,12-14,18H,2-4,11H2,1H3,(H,27,29);(H,6,7). The molecule has 0 bridgehead atoms. The third-order valence-corrected chi connectivity index (χ3v) is 6.35. The van der Waals surface area contributed by atoms with Crippen molar-refractivity contribution in [1.82, 2.24) is 24.3 Å². The SMILES string of the molecule is COc1cc(Nc2nc3n(n2)CCCCC3c2ccc(Cl)cc2)ccc1-n1cnc(Cl)c1.O=C(O)C(F)(F)F. The number of aromatic nitrogens is 5. The Kier molecular flexibility index (Phi) is 8.66. The van der Waals surface area contributed by atoms with Crippen LogP contribution in [0.4, 0.5) is 24.8 Å². The highest BCUT2D eigenvalue weighted by molar-refractivity contribution is 6.30. The van der Waals surface area contributed by atoms with Crippen LogP contribution in [0.2, 0.25) is 10.2 Å². The summed E-state index contributed by atoms with van der Waals surface area (Å²) in [6.07, 6.45) is 1.55. The van der Waals surface area contributed by atoms with Crippen LogP contribution in [0.15, 0.2) is 55.0 Å². The number of anilines is 2. The van der Waals surface area contributed by atoms with Gasteiger partial charge in [0, 0.05) is 35.4 Å². The lowest BCUT2D eigenvalue weighted by Crippen LogP contribution is -2.21. The maximum absolute atomic E-state index is 10.6. The molecule has 206 valence electrons. The van der Waals surface area contributed by atoms with Gasteiger partial charge in [0.2, 0.25) is 5.95 Å². The summed E-state index contributed by atoms with van der Waals surface area (Å²) in [5, 5.41) is 16.3. The van der Waals surface area contributed by atoms with Gasteiger partial charge in [-0.25, -0.2) is 14.5 Å². The van der Waals surface area contributed by atoms with Gasteiger partial charge in [-0.1, -0.05) is 41.8 Å². The number of nitrogens with one attached hydrogen (secondary N) is 1. The Bertz CT molecular complexity index is 1440. The van der Waals surface area contributed by atoms with E-state index in [2.05, 4.69) is 22.4 Å². The Balaban J connectivity index is 0.000000448. The number of hydrogen-bond acceptors (Lipinski definition) is 6. The number of methoxy groups -OCH3 is 1. The van der Waals surface area contributed by atoms with Crippen molar-refractivity contribution in [1.29, 1.82) is 0 Å². The molecule has 14 heteroatoms. The summed E-state index contributed by atoms with van der Waals surface area (Å²) < 4.78 is 41.2. The Hall–Kier alpha value is -3.77. The molecular weight excluding hydrogens is 560 g/mol. The summed E-state index contributed by atoms with van der Waals surface area (Å²) in [7, 11) is 1.63. The van der Waals surface area contributed by atoms with E-state index in [1.54, 1.807) is 19.6 Å². The van der Waals surface area contributed by atoms with E-state index >= 15 is 0 Å². The van der Waals surface area contributed by atoms with Crippen LogP contribution in [-0.4, -0.2) is 48.7 Å². The van der Waals surface area contributed by atoms with Crippen molar-refractivity contribution < 1.29 is 27.8 Å². The molecule has 0 saturated carbocycles. The summed E-state index contributed by atoms with van der Waals surface area (Å²) >= 11 is 12.0. The number of ether oxygens (including phenoxy) is 1. The lowest BCUT2D eigenvalue weighted by atomic mass is 9.94. The second-order valence-corrected chi connectivity index (χ2v) is 9.36. The minimum atomic E-state index is -5.08. The zero-order valence-electron chi connectivity index (χ0n) is 20.5. The van der Waals surface area contributed by atoms with Crippen LogP contribution < -0.4 is 10.1 Å². The van der Waals surface area contributed by atoms with Gasteiger partial charge >= 0.3 is 12.1 Å². The molecule has 5 rings (SSSR count). The van der Waals surface area contributed by atoms with E-state index in [-0.39, 0.29) is 5.92 Å². The second-order valence-electron chi connectivity index (χ2n) is 8.53. The van der Waals surface area contributed by atoms with E-state index in [1.807, 2.05) is 39.6 Å². The van der Waals surface area contributed by atoms with Crippen LogP contribution in [0.3, 0.4) is 0 Å². The van der Waals surface area contributed by atoms with Gasteiger partial charge in [-0.15, -0.1) is 5.10 Å². The van der Waals surface area contributed by atoms with Gasteiger partial charge in [0.05, 0.1) is 12.8 Å². The lowest BCUT2D eigenvalue weighted by molar-refractivity contribution is -0.192. The summed E-state index contributed by atoms with van der Waals surface area (Å²) in [5.74, 6) is -0.331. The van der Waals surface area contributed by atoms with E-state index in [9.17, 15) is 13.2 Å². The van der Waals surface area contributed by atoms with E-state index in [1.165, 1.54) is 5.56 Å². The number of imidazole rings is 1. The van der Waals surface area contributed by atoms with Gasteiger partial charge in [0.1, 0.15) is 23.1 Å². The molecule has 0 saturated heterocycles. The number of rotatable bonds is 5. The molecule has 0 fully saturated rings. The number of carboxylic acids is 1. The molecule has 1 unspecified atom stereocenters. The second kappa shape index (κ2) is 12.0. The monoisotopic (exact) mass is 582 g/mol. The first kappa shape index (κ1) is 28.2. The first-order valence-electron chi connectivity index (χ1n) is 11.7. The van der Waals surface area contributed by atoms with Crippen LogP contribution in [0.25, 0.3) is 5.69 Å². The number of fused-ring (bicyclic) bond motifs is 1. The molecule has 1 aliphatic heterocycles. The van der Waals surface area contributed by atoms with Gasteiger partial charge in [-0.2, -0.15) is 18.2 Å². The predicted molar refractivity (Wildman–Crippen MR) is 139 cm³/mol. The first-order chi connectivity index (χ1) is 18.5. The van der Waals surface area contributed by atoms with E-state index < -0.39 is 12.1 Å². The smallest absolute Gasteiger partial charge is 0.490 e. The molecule has 39 heavy (non-hydrogen) atoms. The Labute approximate surface area is 231 Å². The predicted octanol–water partition coefficient (Wildman–Crippen LogP) is 6.47. The maximum Gasteiger partial charge on any atom is 0.490 e. The van der Waals surface area contributed by atoms with Crippen LogP contribution >= 0.6 is 23.2 Å². The number of aliphatic carboxylic acids is 1. The van der Waals surface area contributed by atoms with Crippen LogP contribution in [0, 0.1) is 0 Å². The largest absolute Gasteiger partial charge is 0.494 e. The number of alkyl halides is 3. The average Bonchev–Trinajstić information content (AvgIpc) is 3.45. The molecule has 0 amide bonds. The maximum atomic E-state index is 10.6. The fourth-order valence-corrected chi connectivity index (χ4v) is 4.38. The van der Waals surface area contributed by atoms with Crippen molar-refractivity contribution in [2.75, 3.05) is 12.4 Å². The molecule has 2 aromatic heterocycles. The molecular formula is C25H23Cl2F3N6O3. The molecule has 9 nitrogen and oxygen atoms in total. The van der Waals surface area contributed by atoms with Crippen LogP contribution in [-0.2, 0) is 11.3 Å². The highest BCUT2D eigenvalue weighted by Crippen LogP contribution is 2.34. The zero-order valence-corrected chi connectivity index (χ0v) is 22.0. The fourth-order valence-electron chi connectivity index (χ4n) is 4.11. The normalized spacial score (nSPS) is 15.0. The van der Waals surface area contributed by atoms with Crippen molar-refractivity contribution in [3.63, 3.8) is 0 Å². The number of hydrogen-bond donors (Lipinski definition) is 2. The number of nitrogens with zero attached hydrogens (tertiary/aromatic N) is 5. The highest BCUT2D eigenvalue weighted by Gasteiger charge is 2.38. The van der Waals surface area contributed by atoms with E-state index in [0.29, 0.717) is 16.9 Å². The minimum Gasteiger partial charge on any atom is -0.494 e. The molecule has 1 aliphatic rings. The number of benzene rings is 2. The van der Waals surface area contributed by atoms with E-state index in [4.69, 9.17) is 47.9 Å². The van der Waals surface area contributed by atoms with Crippen molar-refractivity contribution in [2.45, 2.75) is 37.9 Å². The molecule has 0 aliphatic carbocycles. The quantitative estimate of drug-likeness (QED) is 0.277. The van der Waals surface area contributed by atoms with E-state index in [0.717, 1.165) is 48.0 Å². The molecule has 4 aromatic rings. The van der Waals surface area contributed by atoms with Gasteiger partial charge in [0.25, 0.3) is 0 Å². The van der Waals surface area contributed by atoms with Gasteiger partial charge < -0.3 is 19.7 Å². The van der Waals surface area contributed by atoms with Gasteiger partial charge in [-0.05, 0) is 42.7 Å². The Morgan fingerprint density at radius 3 is 2.49 bits per heavy atom. The number of aryl methyl sites for hydroxylation is 1. The fraction of sp³-hybridized carbons (Fsp3) is 0.280. The summed E-state index contributed by atoms with van der Waals surface area (Å²) in [6, 6.07) is 13.8. The topological polar surface area (TPSA) is 107 Å². The molecule has 2 aromatic carbocycles. The molecule has 2 N–H and O–H groups in total. The highest BCUT2D eigenvalue weighted by atomic mass is 35.5. The number of carboxylic acid groups (broad SMARTS) is 1. The van der Waals surface area contributed by atoms with Crippen molar-refractivity contribution in [2.24, 2.45) is 0 Å². The summed E-state index contributed by atoms with van der Waals surface area (Å²) in [4.78, 5) is 17.8. The van der Waals surface area contributed by atoms with Gasteiger partial charge in [0.15, 0.2) is 0 Å². The molecule has 0 radical (unpaired) electrons. The summed E-state index contributed by atoms with van der Waals surface area (Å²) in [5.41, 5.74) is 2.89. The third-order valence-electron chi connectivity index (χ3n) is 5.90. The van der Waals surface area contributed by atoms with Crippen LogP contribution in [0.1, 0.15) is 36.6 Å².